The van der Waals surface area contributed by atoms with E-state index in [1.54, 1.807) is 32.0 Å². The number of nitrogens with one attached hydrogen (secondary N) is 3. The highest BCUT2D eigenvalue weighted by atomic mass is 35.5. The monoisotopic (exact) mass is 472 g/mol. The average Bonchev–Trinajstić information content (AvgIpc) is 2.88. The highest BCUT2D eigenvalue weighted by Gasteiger charge is 2.26. The number of nitrogens with zero attached hydrogens (tertiary/aromatic N) is 1. The molecular weight excluding hydrogens is 451 g/mol. The summed E-state index contributed by atoms with van der Waals surface area (Å²) in [5, 5.41) is 8.28. The van der Waals surface area contributed by atoms with E-state index in [2.05, 4.69) is 20.9 Å². The summed E-state index contributed by atoms with van der Waals surface area (Å²) in [5.74, 6) is -2.17. The first-order chi connectivity index (χ1) is 15.8. The third-order valence-electron chi connectivity index (χ3n) is 4.62. The average molecular weight is 473 g/mol. The zero-order valence-corrected chi connectivity index (χ0v) is 18.8. The second kappa shape index (κ2) is 10.7. The Balaban J connectivity index is 1.71. The molecule has 172 valence electrons. The Hall–Kier alpha value is -3.72. The van der Waals surface area contributed by atoms with Gasteiger partial charge in [0.15, 0.2) is 0 Å². The van der Waals surface area contributed by atoms with Gasteiger partial charge < -0.3 is 20.7 Å². The summed E-state index contributed by atoms with van der Waals surface area (Å²) >= 11 is 5.89. The first kappa shape index (κ1) is 23.9. The van der Waals surface area contributed by atoms with Crippen molar-refractivity contribution >= 4 is 46.6 Å². The number of rotatable bonds is 6. The normalized spacial score (nSPS) is 12.7. The van der Waals surface area contributed by atoms with E-state index < -0.39 is 23.6 Å². The van der Waals surface area contributed by atoms with Gasteiger partial charge >= 0.3 is 5.97 Å². The van der Waals surface area contributed by atoms with Gasteiger partial charge in [-0.15, -0.1) is 0 Å². The number of carbonyl (C=O) groups excluding carboxylic acids is 3. The largest absolute Gasteiger partial charge is 0.462 e. The number of para-hydroxylation sites is 2. The predicted molar refractivity (Wildman–Crippen MR) is 123 cm³/mol. The molecule has 1 heterocycles. The molecular formula is C23H22ClFN4O4. The zero-order chi connectivity index (χ0) is 24.0. The van der Waals surface area contributed by atoms with E-state index in [0.717, 1.165) is 12.1 Å². The van der Waals surface area contributed by atoms with Crippen LogP contribution >= 0.6 is 11.6 Å². The number of halogens is 2. The molecule has 8 nitrogen and oxygen atoms in total. The van der Waals surface area contributed by atoms with E-state index in [4.69, 9.17) is 16.3 Å². The van der Waals surface area contributed by atoms with E-state index in [-0.39, 0.29) is 41.6 Å². The van der Waals surface area contributed by atoms with Crippen molar-refractivity contribution in [3.63, 3.8) is 0 Å². The van der Waals surface area contributed by atoms with Crippen molar-refractivity contribution in [2.24, 2.45) is 4.99 Å². The number of amides is 2. The first-order valence-electron chi connectivity index (χ1n) is 10.2. The van der Waals surface area contributed by atoms with Gasteiger partial charge in [0.25, 0.3) is 5.91 Å². The van der Waals surface area contributed by atoms with Crippen LogP contribution in [0.1, 0.15) is 30.6 Å². The van der Waals surface area contributed by atoms with Gasteiger partial charge in [-0.25, -0.2) is 14.2 Å². The Morgan fingerprint density at radius 2 is 1.94 bits per heavy atom. The third-order valence-corrected chi connectivity index (χ3v) is 4.93. The molecule has 0 bridgehead atoms. The van der Waals surface area contributed by atoms with Crippen LogP contribution in [0.4, 0.5) is 15.8 Å². The van der Waals surface area contributed by atoms with Gasteiger partial charge in [-0.2, -0.15) is 0 Å². The fraction of sp³-hybridized carbons (Fsp3) is 0.217. The van der Waals surface area contributed by atoms with Crippen LogP contribution in [0.15, 0.2) is 58.7 Å². The van der Waals surface area contributed by atoms with Crippen LogP contribution in [-0.2, 0) is 14.3 Å². The van der Waals surface area contributed by atoms with Gasteiger partial charge in [0, 0.05) is 18.7 Å². The number of esters is 1. The molecule has 3 rings (SSSR count). The number of fused-ring (bicyclic) bond motifs is 1. The third kappa shape index (κ3) is 5.95. The molecule has 0 fully saturated rings. The lowest BCUT2D eigenvalue weighted by Gasteiger charge is -2.13. The molecule has 33 heavy (non-hydrogen) atoms. The smallest absolute Gasteiger partial charge is 0.343 e. The van der Waals surface area contributed by atoms with Gasteiger partial charge in [0.2, 0.25) is 5.91 Å². The van der Waals surface area contributed by atoms with Gasteiger partial charge in [-0.05, 0) is 44.2 Å². The molecule has 0 saturated carbocycles. The molecule has 1 aliphatic rings. The standard InChI is InChI=1S/C23H22ClFN4O4/c1-3-33-23(32)20-13(2)27-17-6-4-5-7-18(17)28-21(20)29-19(30)10-11-26-22(31)15-9-8-14(25)12-16(15)24/h4-9,12,27H,3,10-11H2,1-2H3,(H,26,31)(H,28,29,30). The highest BCUT2D eigenvalue weighted by molar-refractivity contribution is 6.33. The predicted octanol–water partition coefficient (Wildman–Crippen LogP) is 3.71. The summed E-state index contributed by atoms with van der Waals surface area (Å²) in [6.07, 6.45) is -0.103. The number of benzene rings is 2. The summed E-state index contributed by atoms with van der Waals surface area (Å²) in [5.41, 5.74) is 1.87. The molecule has 2 aromatic rings. The lowest BCUT2D eigenvalue weighted by Crippen LogP contribution is -2.37. The SMILES string of the molecule is CCOC(=O)C1=C(C)Nc2ccccc2N=C1NC(=O)CCNC(=O)c1ccc(F)cc1Cl. The molecule has 3 N–H and O–H groups in total. The maximum absolute atomic E-state index is 13.2. The number of hydrogen-bond acceptors (Lipinski definition) is 6. The molecule has 0 spiro atoms. The molecule has 1 aliphatic heterocycles. The maximum atomic E-state index is 13.2. The first-order valence-corrected chi connectivity index (χ1v) is 10.5. The molecule has 0 saturated heterocycles. The van der Waals surface area contributed by atoms with E-state index in [0.29, 0.717) is 17.1 Å². The van der Waals surface area contributed by atoms with Gasteiger partial charge in [0.1, 0.15) is 17.2 Å². The lowest BCUT2D eigenvalue weighted by atomic mass is 10.1. The minimum atomic E-state index is -0.631. The van der Waals surface area contributed by atoms with Crippen LogP contribution in [0.5, 0.6) is 0 Å². The lowest BCUT2D eigenvalue weighted by molar-refractivity contribution is -0.137. The minimum absolute atomic E-state index is 0.0159. The molecule has 2 amide bonds. The van der Waals surface area contributed by atoms with E-state index in [1.165, 1.54) is 6.07 Å². The van der Waals surface area contributed by atoms with E-state index >= 15 is 0 Å². The highest BCUT2D eigenvalue weighted by Crippen LogP contribution is 2.30. The van der Waals surface area contributed by atoms with Crippen molar-refractivity contribution in [1.82, 2.24) is 10.6 Å². The second-order valence-corrected chi connectivity index (χ2v) is 7.41. The number of aliphatic imine (C=N–C) groups is 1. The Bertz CT molecular complexity index is 1160. The number of amidine groups is 1. The molecule has 0 radical (unpaired) electrons. The zero-order valence-electron chi connectivity index (χ0n) is 18.0. The van der Waals surface area contributed by atoms with Crippen molar-refractivity contribution in [2.75, 3.05) is 18.5 Å². The molecule has 0 aromatic heterocycles. The fourth-order valence-electron chi connectivity index (χ4n) is 3.09. The van der Waals surface area contributed by atoms with Crippen LogP contribution in [0.3, 0.4) is 0 Å². The Kier molecular flexibility index (Phi) is 7.78. The number of allylic oxidation sites excluding steroid dienone is 1. The quantitative estimate of drug-likeness (QED) is 0.555. The summed E-state index contributed by atoms with van der Waals surface area (Å²) in [6.45, 7) is 3.50. The number of ether oxygens (including phenoxy) is 1. The minimum Gasteiger partial charge on any atom is -0.462 e. The van der Waals surface area contributed by atoms with E-state index in [1.807, 2.05) is 6.07 Å². The number of carbonyl (C=O) groups is 3. The van der Waals surface area contributed by atoms with Crippen molar-refractivity contribution in [3.8, 4) is 0 Å². The summed E-state index contributed by atoms with van der Waals surface area (Å²) in [7, 11) is 0. The van der Waals surface area contributed by atoms with Crippen molar-refractivity contribution in [1.29, 1.82) is 0 Å². The number of hydrogen-bond donors (Lipinski definition) is 3. The second-order valence-electron chi connectivity index (χ2n) is 7.00. The maximum Gasteiger partial charge on any atom is 0.343 e. The van der Waals surface area contributed by atoms with Crippen LogP contribution in [0, 0.1) is 5.82 Å². The summed E-state index contributed by atoms with van der Waals surface area (Å²) in [4.78, 5) is 41.8. The number of anilines is 1. The molecule has 0 aliphatic carbocycles. The van der Waals surface area contributed by atoms with Crippen molar-refractivity contribution in [3.05, 3.63) is 70.1 Å². The summed E-state index contributed by atoms with van der Waals surface area (Å²) in [6, 6.07) is 10.5. The van der Waals surface area contributed by atoms with Gasteiger partial charge in [-0.3, -0.25) is 9.59 Å². The van der Waals surface area contributed by atoms with Gasteiger partial charge in [0.05, 0.1) is 28.6 Å². The molecule has 2 aromatic carbocycles. The molecule has 0 atom stereocenters. The van der Waals surface area contributed by atoms with Crippen molar-refractivity contribution in [2.45, 2.75) is 20.3 Å². The fourth-order valence-corrected chi connectivity index (χ4v) is 3.34. The van der Waals surface area contributed by atoms with Crippen molar-refractivity contribution < 1.29 is 23.5 Å². The van der Waals surface area contributed by atoms with Crippen LogP contribution < -0.4 is 16.0 Å². The Labute approximate surface area is 194 Å². The molecule has 10 heteroatoms. The van der Waals surface area contributed by atoms with Crippen LogP contribution in [0.2, 0.25) is 5.02 Å². The summed E-state index contributed by atoms with van der Waals surface area (Å²) < 4.78 is 18.3. The van der Waals surface area contributed by atoms with E-state index in [9.17, 15) is 18.8 Å². The van der Waals surface area contributed by atoms with Gasteiger partial charge in [-0.1, -0.05) is 23.7 Å². The Morgan fingerprint density at radius 1 is 1.18 bits per heavy atom. The van der Waals surface area contributed by atoms with Crippen LogP contribution in [-0.4, -0.2) is 36.8 Å². The molecule has 0 unspecified atom stereocenters. The topological polar surface area (TPSA) is 109 Å². The van der Waals surface area contributed by atoms with Crippen LogP contribution in [0.25, 0.3) is 0 Å². The Morgan fingerprint density at radius 3 is 2.67 bits per heavy atom.